The normalized spacial score (nSPS) is 9.21. The van der Waals surface area contributed by atoms with Gasteiger partial charge in [-0.1, -0.05) is 6.07 Å². The smallest absolute Gasteiger partial charge is 0.272 e. The van der Waals surface area contributed by atoms with E-state index in [1.165, 1.54) is 0 Å². The molecular weight excluding hydrogens is 178 g/mol. The molecule has 1 rings (SSSR count). The van der Waals surface area contributed by atoms with Crippen LogP contribution in [0, 0.1) is 11.3 Å². The molecule has 4 nitrogen and oxygen atoms in total. The van der Waals surface area contributed by atoms with E-state index in [9.17, 15) is 4.79 Å². The van der Waals surface area contributed by atoms with Gasteiger partial charge in [-0.15, -0.1) is 0 Å². The summed E-state index contributed by atoms with van der Waals surface area (Å²) in [5.74, 6) is -0.162. The summed E-state index contributed by atoms with van der Waals surface area (Å²) in [6.45, 7) is 2.50. The summed E-state index contributed by atoms with van der Waals surface area (Å²) in [4.78, 5) is 17.1. The molecule has 72 valence electrons. The molecule has 1 amide bonds. The predicted molar refractivity (Wildman–Crippen MR) is 51.6 cm³/mol. The van der Waals surface area contributed by atoms with Crippen LogP contribution in [-0.2, 0) is 0 Å². The van der Waals surface area contributed by atoms with Gasteiger partial charge in [-0.25, -0.2) is 4.98 Å². The van der Waals surface area contributed by atoms with E-state index in [4.69, 9.17) is 5.26 Å². The number of rotatable bonds is 2. The van der Waals surface area contributed by atoms with Crippen LogP contribution in [0.1, 0.15) is 23.1 Å². The Bertz CT molecular complexity index is 381. The Morgan fingerprint density at radius 3 is 2.93 bits per heavy atom. The van der Waals surface area contributed by atoms with Gasteiger partial charge in [0.15, 0.2) is 0 Å². The highest BCUT2D eigenvalue weighted by atomic mass is 16.2. The fourth-order valence-electron chi connectivity index (χ4n) is 0.955. The van der Waals surface area contributed by atoms with Crippen molar-refractivity contribution in [3.63, 3.8) is 0 Å². The van der Waals surface area contributed by atoms with E-state index in [1.807, 2.05) is 13.0 Å². The minimum atomic E-state index is -0.162. The first-order chi connectivity index (χ1) is 6.69. The maximum atomic E-state index is 11.6. The third kappa shape index (κ3) is 2.07. The van der Waals surface area contributed by atoms with Crippen LogP contribution in [0.3, 0.4) is 0 Å². The van der Waals surface area contributed by atoms with Gasteiger partial charge in [0.25, 0.3) is 5.91 Å². The molecule has 0 aromatic carbocycles. The van der Waals surface area contributed by atoms with Crippen LogP contribution in [0.25, 0.3) is 0 Å². The highest BCUT2D eigenvalue weighted by molar-refractivity contribution is 5.92. The van der Waals surface area contributed by atoms with E-state index in [0.717, 1.165) is 0 Å². The molecule has 0 aliphatic rings. The van der Waals surface area contributed by atoms with Crippen molar-refractivity contribution in [1.29, 1.82) is 5.26 Å². The first-order valence-electron chi connectivity index (χ1n) is 4.31. The number of pyridine rings is 1. The lowest BCUT2D eigenvalue weighted by Gasteiger charge is -2.13. The van der Waals surface area contributed by atoms with Crippen molar-refractivity contribution in [2.75, 3.05) is 13.6 Å². The Kier molecular flexibility index (Phi) is 3.19. The summed E-state index contributed by atoms with van der Waals surface area (Å²) in [6, 6.07) is 6.73. The summed E-state index contributed by atoms with van der Waals surface area (Å²) in [5, 5.41) is 8.60. The molecule has 0 atom stereocenters. The Hall–Kier alpha value is -1.89. The van der Waals surface area contributed by atoms with E-state index in [0.29, 0.717) is 12.2 Å². The number of amides is 1. The SMILES string of the molecule is CCN(C)C(=O)c1cccc(C#N)n1. The summed E-state index contributed by atoms with van der Waals surface area (Å²) >= 11 is 0. The van der Waals surface area contributed by atoms with Gasteiger partial charge in [0, 0.05) is 13.6 Å². The monoisotopic (exact) mass is 189 g/mol. The van der Waals surface area contributed by atoms with Gasteiger partial charge in [0.05, 0.1) is 0 Å². The van der Waals surface area contributed by atoms with Gasteiger partial charge in [0.1, 0.15) is 17.5 Å². The third-order valence-corrected chi connectivity index (χ3v) is 1.90. The fraction of sp³-hybridized carbons (Fsp3) is 0.300. The van der Waals surface area contributed by atoms with E-state index >= 15 is 0 Å². The first kappa shape index (κ1) is 10.2. The zero-order valence-corrected chi connectivity index (χ0v) is 8.19. The minimum Gasteiger partial charge on any atom is -0.341 e. The number of aromatic nitrogens is 1. The molecular formula is C10H11N3O. The van der Waals surface area contributed by atoms with Crippen LogP contribution < -0.4 is 0 Å². The maximum Gasteiger partial charge on any atom is 0.272 e. The van der Waals surface area contributed by atoms with Gasteiger partial charge in [0.2, 0.25) is 0 Å². The molecule has 0 N–H and O–H groups in total. The highest BCUT2D eigenvalue weighted by Crippen LogP contribution is 2.01. The van der Waals surface area contributed by atoms with Crippen LogP contribution in [0.2, 0.25) is 0 Å². The van der Waals surface area contributed by atoms with Crippen LogP contribution in [0.4, 0.5) is 0 Å². The lowest BCUT2D eigenvalue weighted by molar-refractivity contribution is 0.0796. The molecule has 0 fully saturated rings. The molecule has 0 bridgehead atoms. The molecule has 1 aromatic rings. The second kappa shape index (κ2) is 4.38. The fourth-order valence-corrected chi connectivity index (χ4v) is 0.955. The molecule has 14 heavy (non-hydrogen) atoms. The molecule has 0 saturated heterocycles. The number of nitriles is 1. The van der Waals surface area contributed by atoms with E-state index in [-0.39, 0.29) is 11.6 Å². The van der Waals surface area contributed by atoms with Crippen molar-refractivity contribution >= 4 is 5.91 Å². The Morgan fingerprint density at radius 1 is 1.64 bits per heavy atom. The van der Waals surface area contributed by atoms with Crippen molar-refractivity contribution < 1.29 is 4.79 Å². The molecule has 1 aromatic heterocycles. The topological polar surface area (TPSA) is 57.0 Å². The van der Waals surface area contributed by atoms with Gasteiger partial charge < -0.3 is 4.90 Å². The number of hydrogen-bond acceptors (Lipinski definition) is 3. The average Bonchev–Trinajstić information content (AvgIpc) is 2.27. The summed E-state index contributed by atoms with van der Waals surface area (Å²) in [7, 11) is 1.70. The number of hydrogen-bond donors (Lipinski definition) is 0. The minimum absolute atomic E-state index is 0.162. The Morgan fingerprint density at radius 2 is 2.36 bits per heavy atom. The lowest BCUT2D eigenvalue weighted by Crippen LogP contribution is -2.27. The second-order valence-corrected chi connectivity index (χ2v) is 2.84. The van der Waals surface area contributed by atoms with Crippen molar-refractivity contribution in [2.24, 2.45) is 0 Å². The summed E-state index contributed by atoms with van der Waals surface area (Å²) in [6.07, 6.45) is 0. The lowest BCUT2D eigenvalue weighted by atomic mass is 10.3. The molecule has 0 unspecified atom stereocenters. The van der Waals surface area contributed by atoms with Gasteiger partial charge in [-0.05, 0) is 19.1 Å². The summed E-state index contributed by atoms with van der Waals surface area (Å²) < 4.78 is 0. The number of carbonyl (C=O) groups excluding carboxylic acids is 1. The Labute approximate surface area is 82.8 Å². The molecule has 0 radical (unpaired) electrons. The van der Waals surface area contributed by atoms with E-state index in [1.54, 1.807) is 30.1 Å². The quantitative estimate of drug-likeness (QED) is 0.698. The largest absolute Gasteiger partial charge is 0.341 e. The molecule has 0 spiro atoms. The van der Waals surface area contributed by atoms with Gasteiger partial charge >= 0.3 is 0 Å². The molecule has 4 heteroatoms. The Balaban J connectivity index is 2.97. The highest BCUT2D eigenvalue weighted by Gasteiger charge is 2.11. The van der Waals surface area contributed by atoms with E-state index in [2.05, 4.69) is 4.98 Å². The zero-order chi connectivity index (χ0) is 10.6. The van der Waals surface area contributed by atoms with Gasteiger partial charge in [-0.2, -0.15) is 5.26 Å². The number of nitrogens with zero attached hydrogens (tertiary/aromatic N) is 3. The van der Waals surface area contributed by atoms with Gasteiger partial charge in [-0.3, -0.25) is 4.79 Å². The first-order valence-corrected chi connectivity index (χ1v) is 4.31. The zero-order valence-electron chi connectivity index (χ0n) is 8.19. The number of carbonyl (C=O) groups is 1. The van der Waals surface area contributed by atoms with Crippen molar-refractivity contribution in [3.8, 4) is 6.07 Å². The van der Waals surface area contributed by atoms with Crippen molar-refractivity contribution in [1.82, 2.24) is 9.88 Å². The standard InChI is InChI=1S/C10H11N3O/c1-3-13(2)10(14)9-6-4-5-8(7-11)12-9/h4-6H,3H2,1-2H3. The average molecular weight is 189 g/mol. The molecule has 0 aliphatic heterocycles. The molecule has 0 saturated carbocycles. The van der Waals surface area contributed by atoms with Crippen molar-refractivity contribution in [2.45, 2.75) is 6.92 Å². The second-order valence-electron chi connectivity index (χ2n) is 2.84. The van der Waals surface area contributed by atoms with Crippen LogP contribution in [-0.4, -0.2) is 29.4 Å². The molecule has 1 heterocycles. The summed E-state index contributed by atoms with van der Waals surface area (Å²) in [5.41, 5.74) is 0.578. The third-order valence-electron chi connectivity index (χ3n) is 1.90. The maximum absolute atomic E-state index is 11.6. The molecule has 0 aliphatic carbocycles. The predicted octanol–water partition coefficient (Wildman–Crippen LogP) is 1.05. The van der Waals surface area contributed by atoms with Crippen LogP contribution in [0.15, 0.2) is 18.2 Å². The van der Waals surface area contributed by atoms with Crippen LogP contribution in [0.5, 0.6) is 0 Å². The van der Waals surface area contributed by atoms with Crippen LogP contribution >= 0.6 is 0 Å². The van der Waals surface area contributed by atoms with E-state index < -0.39 is 0 Å². The van der Waals surface area contributed by atoms with Crippen molar-refractivity contribution in [3.05, 3.63) is 29.6 Å².